The van der Waals surface area contributed by atoms with E-state index in [1.54, 1.807) is 54.7 Å². The van der Waals surface area contributed by atoms with Gasteiger partial charge < -0.3 is 34.5 Å². The van der Waals surface area contributed by atoms with Crippen molar-refractivity contribution in [1.82, 2.24) is 4.98 Å². The Labute approximate surface area is 309 Å². The molecule has 0 radical (unpaired) electrons. The molecule has 1 heterocycles. The summed E-state index contributed by atoms with van der Waals surface area (Å²) in [6.07, 6.45) is 3.03. The minimum atomic E-state index is -3.68. The Hall–Kier alpha value is -5.30. The van der Waals surface area contributed by atoms with Gasteiger partial charge >= 0.3 is 6.03 Å². The van der Waals surface area contributed by atoms with Crippen LogP contribution in [0.15, 0.2) is 79.0 Å². The second-order valence-electron chi connectivity index (χ2n) is 13.5. The van der Waals surface area contributed by atoms with Gasteiger partial charge in [0, 0.05) is 41.8 Å². The van der Waals surface area contributed by atoms with Crippen LogP contribution in [-0.2, 0) is 26.4 Å². The molecular weight excluding hydrogens is 719 g/mol. The van der Waals surface area contributed by atoms with Gasteiger partial charge in [-0.1, -0.05) is 45.0 Å². The van der Waals surface area contributed by atoms with Crippen molar-refractivity contribution in [3.8, 4) is 28.7 Å². The average molecular weight is 763 g/mol. The van der Waals surface area contributed by atoms with Crippen LogP contribution in [0, 0.1) is 0 Å². The molecule has 1 unspecified atom stereocenters. The van der Waals surface area contributed by atoms with E-state index in [1.807, 2.05) is 45.0 Å². The van der Waals surface area contributed by atoms with Gasteiger partial charge in [-0.05, 0) is 59.0 Å². The Morgan fingerprint density at radius 1 is 0.830 bits per heavy atom. The lowest BCUT2D eigenvalue weighted by Crippen LogP contribution is -2.22. The highest BCUT2D eigenvalue weighted by molar-refractivity contribution is 7.92. The Morgan fingerprint density at radius 2 is 1.45 bits per heavy atom. The number of sulfonamides is 1. The number of hydrogen-bond acceptors (Lipinski definition) is 9. The Balaban J connectivity index is 1.40. The maximum Gasteiger partial charge on any atom is 0.323 e. The van der Waals surface area contributed by atoms with E-state index in [9.17, 15) is 22.7 Å². The first-order valence-electron chi connectivity index (χ1n) is 16.4. The van der Waals surface area contributed by atoms with Crippen LogP contribution in [0.2, 0.25) is 0 Å². The Morgan fingerprint density at radius 3 is 2.04 bits per heavy atom. The number of ether oxygens (including phenoxy) is 4. The zero-order valence-corrected chi connectivity index (χ0v) is 32.4. The molecule has 0 saturated carbocycles. The number of anilines is 3. The highest BCUT2D eigenvalue weighted by Gasteiger charge is 2.26. The van der Waals surface area contributed by atoms with Gasteiger partial charge in [0.25, 0.3) is 0 Å². The number of hydrogen-bond donors (Lipinski definition) is 4. The second kappa shape index (κ2) is 15.4. The van der Waals surface area contributed by atoms with Gasteiger partial charge in [-0.25, -0.2) is 13.2 Å². The van der Waals surface area contributed by atoms with Crippen molar-refractivity contribution in [2.24, 2.45) is 0 Å². The molecule has 0 spiro atoms. The zero-order chi connectivity index (χ0) is 38.7. The smallest absolute Gasteiger partial charge is 0.323 e. The molecule has 1 atom stereocenters. The number of carbonyl (C=O) groups excluding carboxylic acids is 1. The highest BCUT2D eigenvalue weighted by atomic mass is 32.2. The number of benzene rings is 4. The second-order valence-corrected chi connectivity index (χ2v) is 17.4. The topological polar surface area (TPSA) is 174 Å². The first-order chi connectivity index (χ1) is 24.9. The minimum absolute atomic E-state index is 0.115. The van der Waals surface area contributed by atoms with Crippen LogP contribution in [0.4, 0.5) is 21.9 Å². The molecule has 280 valence electrons. The lowest BCUT2D eigenvalue weighted by atomic mass is 9.86. The molecule has 5 aromatic rings. The van der Waals surface area contributed by atoms with Crippen molar-refractivity contribution in [2.75, 3.05) is 49.6 Å². The maximum atomic E-state index is 13.5. The fraction of sp³-hybridized carbons (Fsp3) is 0.263. The normalized spacial score (nSPS) is 12.8. The van der Waals surface area contributed by atoms with Crippen molar-refractivity contribution < 1.29 is 41.6 Å². The van der Waals surface area contributed by atoms with E-state index in [0.717, 1.165) is 22.8 Å². The maximum absolute atomic E-state index is 13.5. The molecule has 13 nitrogen and oxygen atoms in total. The van der Waals surface area contributed by atoms with Crippen LogP contribution in [0.1, 0.15) is 37.6 Å². The van der Waals surface area contributed by atoms with Gasteiger partial charge in [-0.15, -0.1) is 0 Å². The average Bonchev–Trinajstić information content (AvgIpc) is 3.07. The molecule has 0 bridgehead atoms. The fourth-order valence-corrected chi connectivity index (χ4v) is 7.49. The third kappa shape index (κ3) is 9.39. The number of amides is 2. The van der Waals surface area contributed by atoms with E-state index in [0.29, 0.717) is 34.7 Å². The molecule has 5 rings (SSSR count). The third-order valence-corrected chi connectivity index (χ3v) is 10.1. The van der Waals surface area contributed by atoms with Crippen LogP contribution in [0.3, 0.4) is 0 Å². The molecule has 4 aromatic carbocycles. The summed E-state index contributed by atoms with van der Waals surface area (Å²) in [6.45, 7) is 7.16. The Kier molecular flexibility index (Phi) is 11.3. The summed E-state index contributed by atoms with van der Waals surface area (Å²) in [5, 5.41) is 7.29. The standard InChI is InChI=1S/C38H43N4O9PS/c1-38(2,3)24-20-30(35(50-6)31(21-24)42-53(8,46)47)41-37(43)40-29-13-14-32(28-12-10-9-11-27(28)29)51-26-15-16-39-25(22-26)17-23-18-33(48-4)36(52(7,44)45)34(19-23)49-5/h9-16,18-22,42H,17H2,1-8H3,(H,44,45)(H2,40,41,43). The molecular formula is C38H43N4O9PS. The van der Waals surface area contributed by atoms with Crippen LogP contribution in [0.5, 0.6) is 28.7 Å². The van der Waals surface area contributed by atoms with Gasteiger partial charge in [0.15, 0.2) is 5.75 Å². The molecule has 0 aliphatic rings. The minimum Gasteiger partial charge on any atom is -0.496 e. The molecule has 2 amide bonds. The van der Waals surface area contributed by atoms with Gasteiger partial charge in [0.05, 0.1) is 44.6 Å². The molecule has 0 aliphatic carbocycles. The summed E-state index contributed by atoms with van der Waals surface area (Å²) < 4.78 is 62.1. The van der Waals surface area contributed by atoms with Gasteiger partial charge in [0.1, 0.15) is 28.3 Å². The Bertz CT molecular complexity index is 2310. The van der Waals surface area contributed by atoms with E-state index in [-0.39, 0.29) is 39.3 Å². The van der Waals surface area contributed by atoms with E-state index in [4.69, 9.17) is 18.9 Å². The first kappa shape index (κ1) is 38.9. The number of methoxy groups -OCH3 is 3. The molecule has 1 aromatic heterocycles. The van der Waals surface area contributed by atoms with Crippen LogP contribution >= 0.6 is 7.37 Å². The number of rotatable bonds is 12. The number of pyridine rings is 1. The van der Waals surface area contributed by atoms with E-state index < -0.39 is 23.4 Å². The molecule has 53 heavy (non-hydrogen) atoms. The summed E-state index contributed by atoms with van der Waals surface area (Å²) in [5.41, 5.74) is 2.83. The predicted molar refractivity (Wildman–Crippen MR) is 209 cm³/mol. The molecule has 0 fully saturated rings. The highest BCUT2D eigenvalue weighted by Crippen LogP contribution is 2.43. The number of carbonyl (C=O) groups is 1. The summed E-state index contributed by atoms with van der Waals surface area (Å²) >= 11 is 0. The summed E-state index contributed by atoms with van der Waals surface area (Å²) in [5.74, 6) is 1.72. The van der Waals surface area contributed by atoms with Crippen LogP contribution in [-0.4, -0.2) is 58.6 Å². The summed E-state index contributed by atoms with van der Waals surface area (Å²) in [7, 11) is -3.06. The quantitative estimate of drug-likeness (QED) is 0.0933. The number of fused-ring (bicyclic) bond motifs is 1. The molecule has 0 saturated heterocycles. The van der Waals surface area contributed by atoms with E-state index in [2.05, 4.69) is 20.3 Å². The van der Waals surface area contributed by atoms with Crippen molar-refractivity contribution in [3.05, 3.63) is 95.8 Å². The van der Waals surface area contributed by atoms with Gasteiger partial charge in [-0.2, -0.15) is 0 Å². The number of nitrogens with zero attached hydrogens (tertiary/aromatic N) is 1. The van der Waals surface area contributed by atoms with Crippen LogP contribution < -0.4 is 39.6 Å². The molecule has 4 N–H and O–H groups in total. The number of aromatic nitrogens is 1. The zero-order valence-electron chi connectivity index (χ0n) is 30.7. The first-order valence-corrected chi connectivity index (χ1v) is 20.4. The van der Waals surface area contributed by atoms with Gasteiger partial charge in [-0.3, -0.25) is 14.3 Å². The fourth-order valence-electron chi connectivity index (χ4n) is 5.81. The monoisotopic (exact) mass is 762 g/mol. The summed E-state index contributed by atoms with van der Waals surface area (Å²) in [4.78, 5) is 28.2. The number of urea groups is 1. The SMILES string of the molecule is COc1cc(Cc2cc(Oc3ccc(NC(=O)Nc4cc(C(C)(C)C)cc(NS(C)(=O)=O)c4OC)c4ccccc34)ccn2)cc(OC)c1P(C)(=O)O. The predicted octanol–water partition coefficient (Wildman–Crippen LogP) is 7.48. The lowest BCUT2D eigenvalue weighted by molar-refractivity contribution is 0.262. The van der Waals surface area contributed by atoms with Crippen molar-refractivity contribution in [3.63, 3.8) is 0 Å². The van der Waals surface area contributed by atoms with Crippen molar-refractivity contribution in [1.29, 1.82) is 0 Å². The lowest BCUT2D eigenvalue weighted by Gasteiger charge is -2.24. The molecule has 15 heteroatoms. The number of nitrogens with one attached hydrogen (secondary N) is 3. The largest absolute Gasteiger partial charge is 0.496 e. The molecule has 0 aliphatic heterocycles. The van der Waals surface area contributed by atoms with E-state index >= 15 is 0 Å². The van der Waals surface area contributed by atoms with Crippen LogP contribution in [0.25, 0.3) is 10.8 Å². The third-order valence-electron chi connectivity index (χ3n) is 8.19. The van der Waals surface area contributed by atoms with Crippen molar-refractivity contribution in [2.45, 2.75) is 32.6 Å². The van der Waals surface area contributed by atoms with Gasteiger partial charge in [0.2, 0.25) is 17.4 Å². The summed E-state index contributed by atoms with van der Waals surface area (Å²) in [6, 6.07) is 20.7. The van der Waals surface area contributed by atoms with Crippen molar-refractivity contribution >= 4 is 56.6 Å². The van der Waals surface area contributed by atoms with E-state index in [1.165, 1.54) is 28.0 Å².